The van der Waals surface area contributed by atoms with Gasteiger partial charge in [-0.15, -0.1) is 0 Å². The molecule has 1 N–H and O–H groups in total. The molecule has 0 atom stereocenters. The fourth-order valence-electron chi connectivity index (χ4n) is 2.08. The molecule has 0 aliphatic carbocycles. The van der Waals surface area contributed by atoms with E-state index in [1.54, 1.807) is 7.11 Å². The van der Waals surface area contributed by atoms with Crippen molar-refractivity contribution in [2.24, 2.45) is 0 Å². The van der Waals surface area contributed by atoms with Gasteiger partial charge in [0.05, 0.1) is 12.6 Å². The smallest absolute Gasteiger partial charge is 0.212 e. The molecule has 0 saturated carbocycles. The van der Waals surface area contributed by atoms with Crippen molar-refractivity contribution in [3.63, 3.8) is 0 Å². The number of fused-ring (bicyclic) bond motifs is 1. The molecule has 0 unspecified atom stereocenters. The third kappa shape index (κ3) is 2.54. The van der Waals surface area contributed by atoms with Crippen LogP contribution < -0.4 is 10.1 Å². The van der Waals surface area contributed by atoms with Crippen molar-refractivity contribution in [3.8, 4) is 5.88 Å². The third-order valence-corrected chi connectivity index (χ3v) is 3.14. The molecule has 4 nitrogen and oxygen atoms in total. The number of aromatic nitrogens is 2. The Balaban J connectivity index is 1.79. The normalized spacial score (nSPS) is 10.4. The summed E-state index contributed by atoms with van der Waals surface area (Å²) in [6, 6.07) is 13.9. The Morgan fingerprint density at radius 1 is 1.05 bits per heavy atom. The molecule has 2 heterocycles. The Kier molecular flexibility index (Phi) is 3.46. The van der Waals surface area contributed by atoms with E-state index < -0.39 is 0 Å². The van der Waals surface area contributed by atoms with E-state index in [0.717, 1.165) is 22.2 Å². The zero-order valence-corrected chi connectivity index (χ0v) is 11.2. The SMILES string of the molecule is COc1ccc(CNc2ccnc3ccccc23)cn1. The number of hydrogen-bond acceptors (Lipinski definition) is 4. The first-order chi connectivity index (χ1) is 9.86. The van der Waals surface area contributed by atoms with Crippen LogP contribution in [-0.2, 0) is 6.54 Å². The maximum Gasteiger partial charge on any atom is 0.212 e. The first-order valence-corrected chi connectivity index (χ1v) is 6.43. The lowest BCUT2D eigenvalue weighted by Crippen LogP contribution is -2.01. The number of pyridine rings is 2. The number of para-hydroxylation sites is 1. The number of rotatable bonds is 4. The van der Waals surface area contributed by atoms with E-state index in [0.29, 0.717) is 12.4 Å². The lowest BCUT2D eigenvalue weighted by Gasteiger charge is -2.09. The Hall–Kier alpha value is -2.62. The highest BCUT2D eigenvalue weighted by molar-refractivity contribution is 5.90. The van der Waals surface area contributed by atoms with E-state index in [1.165, 1.54) is 0 Å². The fourth-order valence-corrected chi connectivity index (χ4v) is 2.08. The van der Waals surface area contributed by atoms with Crippen LogP contribution in [-0.4, -0.2) is 17.1 Å². The van der Waals surface area contributed by atoms with Crippen molar-refractivity contribution in [1.82, 2.24) is 9.97 Å². The molecule has 0 aliphatic heterocycles. The number of benzene rings is 1. The summed E-state index contributed by atoms with van der Waals surface area (Å²) in [4.78, 5) is 8.55. The lowest BCUT2D eigenvalue weighted by atomic mass is 10.2. The summed E-state index contributed by atoms with van der Waals surface area (Å²) in [6.07, 6.45) is 3.63. The minimum Gasteiger partial charge on any atom is -0.481 e. The molecule has 3 rings (SSSR count). The van der Waals surface area contributed by atoms with Gasteiger partial charge in [-0.25, -0.2) is 4.98 Å². The van der Waals surface area contributed by atoms with Gasteiger partial charge in [0, 0.05) is 36.1 Å². The highest BCUT2D eigenvalue weighted by atomic mass is 16.5. The molecular formula is C16H15N3O. The summed E-state index contributed by atoms with van der Waals surface area (Å²) in [5.41, 5.74) is 3.17. The molecule has 0 amide bonds. The molecule has 3 aromatic rings. The number of nitrogens with zero attached hydrogens (tertiary/aromatic N) is 2. The van der Waals surface area contributed by atoms with E-state index in [9.17, 15) is 0 Å². The predicted molar refractivity (Wildman–Crippen MR) is 79.9 cm³/mol. The molecule has 20 heavy (non-hydrogen) atoms. The maximum absolute atomic E-state index is 5.05. The number of ether oxygens (including phenoxy) is 1. The van der Waals surface area contributed by atoms with E-state index >= 15 is 0 Å². The van der Waals surface area contributed by atoms with Crippen molar-refractivity contribution in [3.05, 3.63) is 60.4 Å². The molecule has 2 aromatic heterocycles. The summed E-state index contributed by atoms with van der Waals surface area (Å²) < 4.78 is 5.05. The van der Waals surface area contributed by atoms with Gasteiger partial charge < -0.3 is 10.1 Å². The molecule has 0 aliphatic rings. The zero-order valence-electron chi connectivity index (χ0n) is 11.2. The minimum absolute atomic E-state index is 0.628. The topological polar surface area (TPSA) is 47.0 Å². The zero-order chi connectivity index (χ0) is 13.8. The van der Waals surface area contributed by atoms with Crippen LogP contribution in [0.4, 0.5) is 5.69 Å². The molecule has 0 bridgehead atoms. The van der Waals surface area contributed by atoms with Crippen molar-refractivity contribution in [2.45, 2.75) is 6.54 Å². The second kappa shape index (κ2) is 5.57. The number of nitrogens with one attached hydrogen (secondary N) is 1. The van der Waals surface area contributed by atoms with Crippen LogP contribution in [0.5, 0.6) is 5.88 Å². The van der Waals surface area contributed by atoms with Crippen LogP contribution in [0.25, 0.3) is 10.9 Å². The first-order valence-electron chi connectivity index (χ1n) is 6.43. The Morgan fingerprint density at radius 3 is 2.75 bits per heavy atom. The Bertz CT molecular complexity index is 705. The molecule has 0 fully saturated rings. The van der Waals surface area contributed by atoms with Crippen LogP contribution in [0.15, 0.2) is 54.9 Å². The van der Waals surface area contributed by atoms with E-state index in [4.69, 9.17) is 4.74 Å². The highest BCUT2D eigenvalue weighted by Gasteiger charge is 2.01. The van der Waals surface area contributed by atoms with E-state index in [-0.39, 0.29) is 0 Å². The standard InChI is InChI=1S/C16H15N3O/c1-20-16-7-6-12(11-19-16)10-18-15-8-9-17-14-5-3-2-4-13(14)15/h2-9,11H,10H2,1H3,(H,17,18). The van der Waals surface area contributed by atoms with Gasteiger partial charge in [0.2, 0.25) is 5.88 Å². The van der Waals surface area contributed by atoms with Crippen LogP contribution in [0, 0.1) is 0 Å². The summed E-state index contributed by atoms with van der Waals surface area (Å²) >= 11 is 0. The van der Waals surface area contributed by atoms with Gasteiger partial charge in [-0.2, -0.15) is 0 Å². The van der Waals surface area contributed by atoms with Crippen molar-refractivity contribution in [1.29, 1.82) is 0 Å². The third-order valence-electron chi connectivity index (χ3n) is 3.14. The van der Waals surface area contributed by atoms with Crippen LogP contribution in [0.1, 0.15) is 5.56 Å². The van der Waals surface area contributed by atoms with Gasteiger partial charge in [-0.05, 0) is 17.7 Å². The van der Waals surface area contributed by atoms with Crippen LogP contribution >= 0.6 is 0 Å². The molecule has 1 aromatic carbocycles. The van der Waals surface area contributed by atoms with Gasteiger partial charge in [0.15, 0.2) is 0 Å². The van der Waals surface area contributed by atoms with Crippen molar-refractivity contribution in [2.75, 3.05) is 12.4 Å². The first kappa shape index (κ1) is 12.4. The Morgan fingerprint density at radius 2 is 1.95 bits per heavy atom. The predicted octanol–water partition coefficient (Wildman–Crippen LogP) is 3.25. The van der Waals surface area contributed by atoms with Gasteiger partial charge in [-0.1, -0.05) is 24.3 Å². The highest BCUT2D eigenvalue weighted by Crippen LogP contribution is 2.21. The summed E-state index contributed by atoms with van der Waals surface area (Å²) in [5.74, 6) is 0.628. The second-order valence-electron chi connectivity index (χ2n) is 4.44. The van der Waals surface area contributed by atoms with E-state index in [1.807, 2.05) is 48.8 Å². The molecule has 0 radical (unpaired) electrons. The van der Waals surface area contributed by atoms with Crippen LogP contribution in [0.2, 0.25) is 0 Å². The monoisotopic (exact) mass is 265 g/mol. The quantitative estimate of drug-likeness (QED) is 0.786. The second-order valence-corrected chi connectivity index (χ2v) is 4.44. The maximum atomic E-state index is 5.05. The largest absolute Gasteiger partial charge is 0.481 e. The molecule has 100 valence electrons. The number of methoxy groups -OCH3 is 1. The van der Waals surface area contributed by atoms with Crippen molar-refractivity contribution >= 4 is 16.6 Å². The molecule has 0 spiro atoms. The summed E-state index contributed by atoms with van der Waals surface area (Å²) in [6.45, 7) is 0.713. The molecular weight excluding hydrogens is 250 g/mol. The van der Waals surface area contributed by atoms with Gasteiger partial charge in [-0.3, -0.25) is 4.98 Å². The summed E-state index contributed by atoms with van der Waals surface area (Å²) in [7, 11) is 1.61. The van der Waals surface area contributed by atoms with Crippen molar-refractivity contribution < 1.29 is 4.74 Å². The summed E-state index contributed by atoms with van der Waals surface area (Å²) in [5, 5.41) is 4.54. The molecule has 0 saturated heterocycles. The minimum atomic E-state index is 0.628. The van der Waals surface area contributed by atoms with Gasteiger partial charge in [0.25, 0.3) is 0 Å². The van der Waals surface area contributed by atoms with E-state index in [2.05, 4.69) is 21.4 Å². The fraction of sp³-hybridized carbons (Fsp3) is 0.125. The Labute approximate surface area is 117 Å². The van der Waals surface area contributed by atoms with Crippen LogP contribution in [0.3, 0.4) is 0 Å². The number of hydrogen-bond donors (Lipinski definition) is 1. The number of anilines is 1. The average molecular weight is 265 g/mol. The lowest BCUT2D eigenvalue weighted by molar-refractivity contribution is 0.397. The van der Waals surface area contributed by atoms with Gasteiger partial charge >= 0.3 is 0 Å². The molecule has 4 heteroatoms. The average Bonchev–Trinajstić information content (AvgIpc) is 2.53. The van der Waals surface area contributed by atoms with Gasteiger partial charge in [0.1, 0.15) is 0 Å².